The summed E-state index contributed by atoms with van der Waals surface area (Å²) in [5, 5.41) is 7.21. The molecule has 1 atom stereocenters. The number of aromatic nitrogens is 2. The minimum absolute atomic E-state index is 0.186. The molecule has 26 heavy (non-hydrogen) atoms. The van der Waals surface area contributed by atoms with Crippen molar-refractivity contribution in [2.45, 2.75) is 19.9 Å². The fraction of sp³-hybridized carbons (Fsp3) is 0.263. The van der Waals surface area contributed by atoms with Crippen LogP contribution in [0.2, 0.25) is 0 Å². The van der Waals surface area contributed by atoms with Crippen molar-refractivity contribution in [3.8, 4) is 11.3 Å². The Morgan fingerprint density at radius 1 is 1.19 bits per heavy atom. The number of nitrogens with one attached hydrogen (secondary N) is 1. The van der Waals surface area contributed by atoms with Crippen LogP contribution in [0.25, 0.3) is 22.4 Å². The van der Waals surface area contributed by atoms with Crippen LogP contribution in [0.5, 0.6) is 0 Å². The van der Waals surface area contributed by atoms with Crippen molar-refractivity contribution in [2.24, 2.45) is 0 Å². The molecule has 7 nitrogen and oxygen atoms in total. The number of pyridine rings is 1. The maximum atomic E-state index is 12.9. The van der Waals surface area contributed by atoms with Crippen molar-refractivity contribution < 1.29 is 14.1 Å². The number of rotatable bonds is 4. The van der Waals surface area contributed by atoms with Crippen molar-refractivity contribution >= 4 is 22.9 Å². The second kappa shape index (κ2) is 6.95. The summed E-state index contributed by atoms with van der Waals surface area (Å²) in [5.41, 5.74) is 2.70. The van der Waals surface area contributed by atoms with E-state index in [9.17, 15) is 9.59 Å². The van der Waals surface area contributed by atoms with E-state index in [4.69, 9.17) is 4.52 Å². The summed E-state index contributed by atoms with van der Waals surface area (Å²) in [6.07, 6.45) is 0. The van der Waals surface area contributed by atoms with Crippen molar-refractivity contribution in [3.05, 3.63) is 47.7 Å². The van der Waals surface area contributed by atoms with E-state index >= 15 is 0 Å². The Kier molecular flexibility index (Phi) is 4.71. The normalized spacial score (nSPS) is 12.0. The highest BCUT2D eigenvalue weighted by atomic mass is 16.5. The Morgan fingerprint density at radius 2 is 1.88 bits per heavy atom. The van der Waals surface area contributed by atoms with E-state index in [0.717, 1.165) is 5.56 Å². The summed E-state index contributed by atoms with van der Waals surface area (Å²) in [4.78, 5) is 30.8. The molecule has 3 aromatic rings. The first kappa shape index (κ1) is 17.6. The molecule has 2 aromatic heterocycles. The molecule has 0 aliphatic carbocycles. The molecule has 1 unspecified atom stereocenters. The number of hydrogen-bond donors (Lipinski definition) is 1. The number of likely N-dealkylation sites (N-methyl/N-ethyl adjacent to an activating group) is 1. The molecule has 7 heteroatoms. The number of nitrogens with zero attached hydrogens (tertiary/aromatic N) is 3. The third kappa shape index (κ3) is 3.28. The van der Waals surface area contributed by atoms with Gasteiger partial charge in [0.1, 0.15) is 6.04 Å². The van der Waals surface area contributed by atoms with Crippen LogP contribution in [-0.2, 0) is 4.79 Å². The number of fused-ring (bicyclic) bond motifs is 1. The van der Waals surface area contributed by atoms with Gasteiger partial charge < -0.3 is 14.7 Å². The van der Waals surface area contributed by atoms with E-state index < -0.39 is 6.04 Å². The molecule has 0 spiro atoms. The zero-order chi connectivity index (χ0) is 18.8. The van der Waals surface area contributed by atoms with Gasteiger partial charge in [-0.2, -0.15) is 0 Å². The highest BCUT2D eigenvalue weighted by Gasteiger charge is 2.23. The van der Waals surface area contributed by atoms with Gasteiger partial charge in [0.2, 0.25) is 5.91 Å². The van der Waals surface area contributed by atoms with Gasteiger partial charge in [0, 0.05) is 19.7 Å². The molecular weight excluding hydrogens is 332 g/mol. The van der Waals surface area contributed by atoms with Crippen LogP contribution in [0.3, 0.4) is 0 Å². The number of amides is 2. The lowest BCUT2D eigenvalue weighted by molar-refractivity contribution is -0.130. The molecule has 0 bridgehead atoms. The highest BCUT2D eigenvalue weighted by Crippen LogP contribution is 2.27. The third-order valence-corrected chi connectivity index (χ3v) is 4.09. The Hall–Kier alpha value is -3.22. The molecule has 0 saturated carbocycles. The monoisotopic (exact) mass is 352 g/mol. The number of carbonyl (C=O) groups is 2. The van der Waals surface area contributed by atoms with E-state index in [2.05, 4.69) is 15.5 Å². The van der Waals surface area contributed by atoms with Crippen LogP contribution in [0.4, 0.5) is 0 Å². The summed E-state index contributed by atoms with van der Waals surface area (Å²) < 4.78 is 5.28. The topological polar surface area (TPSA) is 88.3 Å². The lowest BCUT2D eigenvalue weighted by atomic mass is 10.0. The summed E-state index contributed by atoms with van der Waals surface area (Å²) in [7, 11) is 3.29. The van der Waals surface area contributed by atoms with Gasteiger partial charge in [-0.15, -0.1) is 0 Å². The number of carbonyl (C=O) groups excluding carboxylic acids is 2. The van der Waals surface area contributed by atoms with Gasteiger partial charge in [-0.25, -0.2) is 4.98 Å². The second-order valence-electron chi connectivity index (χ2n) is 6.30. The van der Waals surface area contributed by atoms with Gasteiger partial charge >= 0.3 is 0 Å². The quantitative estimate of drug-likeness (QED) is 0.779. The van der Waals surface area contributed by atoms with E-state index in [-0.39, 0.29) is 11.8 Å². The van der Waals surface area contributed by atoms with Crippen LogP contribution in [-0.4, -0.2) is 47.0 Å². The van der Waals surface area contributed by atoms with Crippen molar-refractivity contribution in [1.29, 1.82) is 0 Å². The molecule has 0 fully saturated rings. The zero-order valence-electron chi connectivity index (χ0n) is 15.1. The molecule has 2 amide bonds. The summed E-state index contributed by atoms with van der Waals surface area (Å²) >= 11 is 0. The average molecular weight is 352 g/mol. The summed E-state index contributed by atoms with van der Waals surface area (Å²) in [6.45, 7) is 3.40. The van der Waals surface area contributed by atoms with Crippen molar-refractivity contribution in [3.63, 3.8) is 0 Å². The van der Waals surface area contributed by atoms with Crippen LogP contribution in [0.1, 0.15) is 23.0 Å². The molecule has 0 radical (unpaired) electrons. The van der Waals surface area contributed by atoms with E-state index in [1.165, 1.54) is 4.90 Å². The predicted octanol–water partition coefficient (Wildman–Crippen LogP) is 2.40. The minimum Gasteiger partial charge on any atom is -0.347 e. The first-order valence-electron chi connectivity index (χ1n) is 8.23. The van der Waals surface area contributed by atoms with Gasteiger partial charge in [0.15, 0.2) is 0 Å². The molecule has 134 valence electrons. The van der Waals surface area contributed by atoms with Crippen LogP contribution >= 0.6 is 0 Å². The molecule has 0 aliphatic heterocycles. The molecule has 1 N–H and O–H groups in total. The molecule has 2 heterocycles. The maximum Gasteiger partial charge on any atom is 0.259 e. The van der Waals surface area contributed by atoms with Gasteiger partial charge in [-0.05, 0) is 19.9 Å². The van der Waals surface area contributed by atoms with Crippen LogP contribution in [0.15, 0.2) is 40.9 Å². The number of hydrogen-bond acceptors (Lipinski definition) is 5. The SMILES string of the molecule is Cc1noc2nc(-c3ccccc3)cc(C(=O)NC(C)C(=O)N(C)C)c12. The molecule has 1 aromatic carbocycles. The Morgan fingerprint density at radius 3 is 2.54 bits per heavy atom. The Bertz CT molecular complexity index is 964. The lowest BCUT2D eigenvalue weighted by Gasteiger charge is -2.18. The zero-order valence-corrected chi connectivity index (χ0v) is 15.1. The Labute approximate surface area is 151 Å². The molecular formula is C19H20N4O3. The standard InChI is InChI=1S/C19H20N4O3/c1-11-16-14(17(24)20-12(2)19(25)23(3)4)10-15(21-18(16)26-22-11)13-8-6-5-7-9-13/h5-10,12H,1-4H3,(H,20,24). The van der Waals surface area contributed by atoms with Crippen LogP contribution in [0, 0.1) is 6.92 Å². The fourth-order valence-electron chi connectivity index (χ4n) is 2.75. The van der Waals surface area contributed by atoms with E-state index in [1.54, 1.807) is 34.0 Å². The van der Waals surface area contributed by atoms with Gasteiger partial charge in [0.25, 0.3) is 11.6 Å². The minimum atomic E-state index is -0.652. The second-order valence-corrected chi connectivity index (χ2v) is 6.30. The Balaban J connectivity index is 2.05. The summed E-state index contributed by atoms with van der Waals surface area (Å²) in [6, 6.07) is 10.5. The maximum absolute atomic E-state index is 12.9. The van der Waals surface area contributed by atoms with E-state index in [0.29, 0.717) is 28.1 Å². The predicted molar refractivity (Wildman–Crippen MR) is 97.6 cm³/mol. The fourth-order valence-corrected chi connectivity index (χ4v) is 2.75. The smallest absolute Gasteiger partial charge is 0.259 e. The molecule has 0 aliphatic rings. The first-order valence-corrected chi connectivity index (χ1v) is 8.23. The van der Waals surface area contributed by atoms with Crippen molar-refractivity contribution in [2.75, 3.05) is 14.1 Å². The largest absolute Gasteiger partial charge is 0.347 e. The molecule has 3 rings (SSSR count). The number of benzene rings is 1. The lowest BCUT2D eigenvalue weighted by Crippen LogP contribution is -2.44. The third-order valence-electron chi connectivity index (χ3n) is 4.09. The molecule has 0 saturated heterocycles. The highest BCUT2D eigenvalue weighted by molar-refractivity contribution is 6.08. The van der Waals surface area contributed by atoms with Gasteiger partial charge in [0.05, 0.1) is 22.3 Å². The van der Waals surface area contributed by atoms with Crippen molar-refractivity contribution in [1.82, 2.24) is 20.4 Å². The number of aryl methyl sites for hydroxylation is 1. The van der Waals surface area contributed by atoms with E-state index in [1.807, 2.05) is 30.3 Å². The average Bonchev–Trinajstić information content (AvgIpc) is 3.01. The first-order chi connectivity index (χ1) is 12.4. The van der Waals surface area contributed by atoms with Gasteiger partial charge in [-0.3, -0.25) is 9.59 Å². The van der Waals surface area contributed by atoms with Gasteiger partial charge in [-0.1, -0.05) is 35.5 Å². The summed E-state index contributed by atoms with van der Waals surface area (Å²) in [5.74, 6) is -0.558. The van der Waals surface area contributed by atoms with Crippen LogP contribution < -0.4 is 5.32 Å².